The van der Waals surface area contributed by atoms with Crippen molar-refractivity contribution >= 4 is 33.8 Å². The van der Waals surface area contributed by atoms with E-state index < -0.39 is 0 Å². The van der Waals surface area contributed by atoms with Gasteiger partial charge < -0.3 is 14.9 Å². The summed E-state index contributed by atoms with van der Waals surface area (Å²) in [5.41, 5.74) is 10.9. The summed E-state index contributed by atoms with van der Waals surface area (Å²) in [5, 5.41) is 10.8. The molecule has 43 heavy (non-hydrogen) atoms. The number of nitrogens with zero attached hydrogens (tertiary/aromatic N) is 4. The number of anilines is 4. The van der Waals surface area contributed by atoms with Crippen molar-refractivity contribution in [3.05, 3.63) is 126 Å². The molecule has 2 heterocycles. The minimum Gasteiger partial charge on any atom is -0.506 e. The van der Waals surface area contributed by atoms with E-state index in [0.717, 1.165) is 45.2 Å². The lowest BCUT2D eigenvalue weighted by molar-refractivity contribution is 0.476. The Kier molecular flexibility index (Phi) is 6.66. The molecule has 0 spiro atoms. The van der Waals surface area contributed by atoms with E-state index in [4.69, 9.17) is 4.98 Å². The van der Waals surface area contributed by atoms with Gasteiger partial charge in [0.2, 0.25) is 0 Å². The summed E-state index contributed by atoms with van der Waals surface area (Å²) in [5.74, 6) is 1.88. The fraction of sp³-hybridized carbons (Fsp3) is 0.184. The molecular weight excluding hydrogens is 528 g/mol. The molecule has 1 aliphatic rings. The van der Waals surface area contributed by atoms with Gasteiger partial charge in [0.25, 0.3) is 0 Å². The van der Waals surface area contributed by atoms with Crippen molar-refractivity contribution in [1.82, 2.24) is 9.55 Å². The van der Waals surface area contributed by atoms with Crippen molar-refractivity contribution in [3.8, 4) is 22.8 Å². The van der Waals surface area contributed by atoms with Crippen LogP contribution in [0.25, 0.3) is 28.1 Å². The third kappa shape index (κ3) is 4.43. The molecule has 0 radical (unpaired) electrons. The lowest BCUT2D eigenvalue weighted by Gasteiger charge is -2.24. The summed E-state index contributed by atoms with van der Waals surface area (Å²) >= 11 is 0. The van der Waals surface area contributed by atoms with Gasteiger partial charge in [-0.05, 0) is 59.4 Å². The van der Waals surface area contributed by atoms with Crippen molar-refractivity contribution in [2.24, 2.45) is 0 Å². The molecule has 0 saturated heterocycles. The molecule has 0 aliphatic carbocycles. The fourth-order valence-electron chi connectivity index (χ4n) is 6.40. The van der Waals surface area contributed by atoms with Gasteiger partial charge in [-0.2, -0.15) is 0 Å². The largest absolute Gasteiger partial charge is 0.506 e. The maximum Gasteiger partial charge on any atom is 0.145 e. The Balaban J connectivity index is 1.50. The Morgan fingerprint density at radius 1 is 0.581 bits per heavy atom. The highest BCUT2D eigenvalue weighted by molar-refractivity contribution is 5.99. The third-order valence-electron chi connectivity index (χ3n) is 8.47. The second-order valence-electron chi connectivity index (χ2n) is 11.9. The first kappa shape index (κ1) is 26.8. The number of fused-ring (bicyclic) bond motifs is 2. The average Bonchev–Trinajstić information content (AvgIpc) is 3.60. The van der Waals surface area contributed by atoms with E-state index in [1.54, 1.807) is 6.07 Å². The van der Waals surface area contributed by atoms with Crippen LogP contribution in [-0.4, -0.2) is 21.3 Å². The molecule has 5 nitrogen and oxygen atoms in total. The van der Waals surface area contributed by atoms with Crippen LogP contribution in [0.4, 0.5) is 22.7 Å². The highest BCUT2D eigenvalue weighted by Crippen LogP contribution is 2.48. The van der Waals surface area contributed by atoms with Gasteiger partial charge in [-0.1, -0.05) is 107 Å². The molecule has 0 bridgehead atoms. The number of aromatic hydroxyl groups is 1. The zero-order valence-corrected chi connectivity index (χ0v) is 25.1. The van der Waals surface area contributed by atoms with Crippen molar-refractivity contribution in [1.29, 1.82) is 0 Å². The molecule has 0 fully saturated rings. The predicted octanol–water partition coefficient (Wildman–Crippen LogP) is 9.89. The maximum atomic E-state index is 10.8. The summed E-state index contributed by atoms with van der Waals surface area (Å²) in [6.07, 6.45) is 0. The number of para-hydroxylation sites is 6. The van der Waals surface area contributed by atoms with E-state index in [2.05, 4.69) is 133 Å². The Morgan fingerprint density at radius 2 is 1.12 bits per heavy atom. The van der Waals surface area contributed by atoms with E-state index in [1.165, 1.54) is 16.8 Å². The number of imidazole rings is 1. The number of benzene rings is 5. The second-order valence-corrected chi connectivity index (χ2v) is 11.9. The Morgan fingerprint density at radius 3 is 1.74 bits per heavy atom. The van der Waals surface area contributed by atoms with Crippen LogP contribution in [0.1, 0.15) is 50.7 Å². The average molecular weight is 565 g/mol. The van der Waals surface area contributed by atoms with Crippen LogP contribution in [0.2, 0.25) is 0 Å². The molecule has 6 aromatic rings. The summed E-state index contributed by atoms with van der Waals surface area (Å²) in [7, 11) is 0. The number of rotatable bonds is 6. The molecule has 1 N–H and O–H groups in total. The monoisotopic (exact) mass is 564 g/mol. The Bertz CT molecular complexity index is 1910. The van der Waals surface area contributed by atoms with Crippen LogP contribution in [0.15, 0.2) is 115 Å². The van der Waals surface area contributed by atoms with Crippen LogP contribution in [0, 0.1) is 0 Å². The summed E-state index contributed by atoms with van der Waals surface area (Å²) in [6.45, 7) is 9.63. The number of aromatic nitrogens is 2. The number of hydrogen-bond donors (Lipinski definition) is 1. The SMILES string of the molecule is CC(C)c1cccc(C(C)C)c1-n1c(-c2ccccc2)nc2c(N3CN(c4ccccc4O)c4ccccc43)cccc21. The first-order chi connectivity index (χ1) is 20.9. The standard InChI is InChI=1S/C38H36N4O/c1-25(2)28-16-12-17-29(26(3)4)37(28)42-34-22-13-21-33(36(34)39-38(42)27-14-6-5-7-15-27)41-24-40(30-18-8-9-19-31(30)41)32-20-10-11-23-35(32)43/h5-23,25-26,43H,24H2,1-4H3. The van der Waals surface area contributed by atoms with Crippen LogP contribution in [0.3, 0.4) is 0 Å². The molecule has 5 heteroatoms. The van der Waals surface area contributed by atoms with Crippen molar-refractivity contribution < 1.29 is 5.11 Å². The summed E-state index contributed by atoms with van der Waals surface area (Å²) in [6, 6.07) is 39.6. The zero-order valence-electron chi connectivity index (χ0n) is 25.1. The van der Waals surface area contributed by atoms with Crippen LogP contribution in [-0.2, 0) is 0 Å². The molecular formula is C38H36N4O. The summed E-state index contributed by atoms with van der Waals surface area (Å²) < 4.78 is 2.39. The fourth-order valence-corrected chi connectivity index (χ4v) is 6.40. The molecule has 1 aromatic heterocycles. The zero-order chi connectivity index (χ0) is 29.7. The number of phenolic OH excluding ortho intramolecular Hbond substituents is 1. The normalized spacial score (nSPS) is 13.0. The predicted molar refractivity (Wildman–Crippen MR) is 178 cm³/mol. The van der Waals surface area contributed by atoms with Gasteiger partial charge in [-0.3, -0.25) is 4.57 Å². The first-order valence-electron chi connectivity index (χ1n) is 15.1. The van der Waals surface area contributed by atoms with Crippen molar-refractivity contribution in [2.75, 3.05) is 16.5 Å². The highest BCUT2D eigenvalue weighted by atomic mass is 16.3. The number of phenols is 1. The molecule has 0 atom stereocenters. The number of hydrogen-bond acceptors (Lipinski definition) is 4. The van der Waals surface area contributed by atoms with Gasteiger partial charge in [-0.25, -0.2) is 4.98 Å². The van der Waals surface area contributed by atoms with Gasteiger partial charge in [-0.15, -0.1) is 0 Å². The van der Waals surface area contributed by atoms with E-state index in [1.807, 2.05) is 18.2 Å². The van der Waals surface area contributed by atoms with E-state index in [0.29, 0.717) is 18.5 Å². The maximum absolute atomic E-state index is 10.8. The molecule has 0 unspecified atom stereocenters. The summed E-state index contributed by atoms with van der Waals surface area (Å²) in [4.78, 5) is 9.93. The van der Waals surface area contributed by atoms with Crippen LogP contribution in [0.5, 0.6) is 5.75 Å². The minimum atomic E-state index is 0.263. The first-order valence-corrected chi connectivity index (χ1v) is 15.1. The molecule has 0 amide bonds. The topological polar surface area (TPSA) is 44.5 Å². The van der Waals surface area contributed by atoms with Crippen LogP contribution >= 0.6 is 0 Å². The van der Waals surface area contributed by atoms with Gasteiger partial charge in [0.15, 0.2) is 0 Å². The minimum absolute atomic E-state index is 0.263. The van der Waals surface area contributed by atoms with Crippen LogP contribution < -0.4 is 9.80 Å². The van der Waals surface area contributed by atoms with Gasteiger partial charge in [0.05, 0.1) is 34.0 Å². The lowest BCUT2D eigenvalue weighted by Crippen LogP contribution is -2.24. The van der Waals surface area contributed by atoms with Crippen molar-refractivity contribution in [3.63, 3.8) is 0 Å². The quantitative estimate of drug-likeness (QED) is 0.219. The second kappa shape index (κ2) is 10.7. The van der Waals surface area contributed by atoms with E-state index >= 15 is 0 Å². The Labute approximate surface area is 253 Å². The third-order valence-corrected chi connectivity index (χ3v) is 8.47. The van der Waals surface area contributed by atoms with E-state index in [9.17, 15) is 5.11 Å². The van der Waals surface area contributed by atoms with Gasteiger partial charge in [0.1, 0.15) is 23.8 Å². The molecule has 1 aliphatic heterocycles. The van der Waals surface area contributed by atoms with E-state index in [-0.39, 0.29) is 5.75 Å². The molecule has 5 aromatic carbocycles. The smallest absolute Gasteiger partial charge is 0.145 e. The van der Waals surface area contributed by atoms with Gasteiger partial charge in [0, 0.05) is 5.56 Å². The highest BCUT2D eigenvalue weighted by Gasteiger charge is 2.31. The molecule has 214 valence electrons. The molecule has 0 saturated carbocycles. The van der Waals surface area contributed by atoms with Gasteiger partial charge >= 0.3 is 0 Å². The lowest BCUT2D eigenvalue weighted by atomic mass is 9.92. The molecule has 7 rings (SSSR count). The van der Waals surface area contributed by atoms with Crippen molar-refractivity contribution in [2.45, 2.75) is 39.5 Å². The Hall–Kier alpha value is -5.03.